The summed E-state index contributed by atoms with van der Waals surface area (Å²) in [5.74, 6) is -0.334. The Bertz CT molecular complexity index is 771. The summed E-state index contributed by atoms with van der Waals surface area (Å²) in [5.41, 5.74) is -0.545. The van der Waals surface area contributed by atoms with E-state index < -0.39 is 11.7 Å². The third-order valence-electron chi connectivity index (χ3n) is 4.63. The number of thioether (sulfide) groups is 1. The fraction of sp³-hybridized carbons (Fsp3) is 0.471. The van der Waals surface area contributed by atoms with E-state index in [1.165, 1.54) is 17.0 Å². The zero-order valence-corrected chi connectivity index (χ0v) is 15.7. The molecule has 3 rings (SSSR count). The van der Waals surface area contributed by atoms with Crippen molar-refractivity contribution >= 4 is 40.4 Å². The van der Waals surface area contributed by atoms with Gasteiger partial charge in [-0.25, -0.2) is 0 Å². The van der Waals surface area contributed by atoms with E-state index in [0.29, 0.717) is 18.5 Å². The second-order valence-corrected chi connectivity index (χ2v) is 7.75. The summed E-state index contributed by atoms with van der Waals surface area (Å²) in [6.07, 6.45) is -3.84. The molecule has 0 aromatic heterocycles. The minimum Gasteiger partial charge on any atom is -0.341 e. The lowest BCUT2D eigenvalue weighted by Gasteiger charge is -2.22. The molecule has 2 heterocycles. The molecule has 2 fully saturated rings. The minimum absolute atomic E-state index is 0.0439. The van der Waals surface area contributed by atoms with Gasteiger partial charge in [-0.1, -0.05) is 29.4 Å². The fourth-order valence-electron chi connectivity index (χ4n) is 3.25. The van der Waals surface area contributed by atoms with Crippen molar-refractivity contribution in [2.45, 2.75) is 31.5 Å². The second kappa shape index (κ2) is 7.71. The summed E-state index contributed by atoms with van der Waals surface area (Å²) >= 11 is 6.55. The maximum Gasteiger partial charge on any atom is 0.417 e. The first-order valence-electron chi connectivity index (χ1n) is 8.29. The SMILES string of the molecule is O=C(CCc1ccc(Cl)c(C(F)(F)F)c1)N1CCC(N2C(=O)CSC2=O)C1. The number of hydrogen-bond donors (Lipinski definition) is 0. The lowest BCUT2D eigenvalue weighted by atomic mass is 10.1. The van der Waals surface area contributed by atoms with Crippen LogP contribution < -0.4 is 0 Å². The standard InChI is InChI=1S/C17H16ClF3N2O3S/c18-13-3-1-10(7-12(13)17(19,20)21)2-4-14(24)22-6-5-11(8-22)23-15(25)9-27-16(23)26/h1,3,7,11H,2,4-6,8-9H2. The number of alkyl halides is 3. The largest absolute Gasteiger partial charge is 0.417 e. The molecule has 5 nitrogen and oxygen atoms in total. The van der Waals surface area contributed by atoms with E-state index in [2.05, 4.69) is 0 Å². The molecular formula is C17H16ClF3N2O3S. The average molecular weight is 421 g/mol. The number of carbonyl (C=O) groups is 3. The van der Waals surface area contributed by atoms with Crippen LogP contribution in [0, 0.1) is 0 Å². The van der Waals surface area contributed by atoms with Crippen LogP contribution >= 0.6 is 23.4 Å². The van der Waals surface area contributed by atoms with E-state index in [4.69, 9.17) is 11.6 Å². The maximum absolute atomic E-state index is 12.9. The first kappa shape index (κ1) is 20.0. The van der Waals surface area contributed by atoms with Gasteiger partial charge in [0.25, 0.3) is 5.24 Å². The smallest absolute Gasteiger partial charge is 0.341 e. The molecule has 2 aliphatic heterocycles. The molecular weight excluding hydrogens is 405 g/mol. The maximum atomic E-state index is 12.9. The number of amides is 3. The first-order chi connectivity index (χ1) is 12.7. The topological polar surface area (TPSA) is 57.7 Å². The van der Waals surface area contributed by atoms with Crippen LogP contribution in [-0.2, 0) is 22.2 Å². The van der Waals surface area contributed by atoms with Crippen molar-refractivity contribution in [3.8, 4) is 0 Å². The van der Waals surface area contributed by atoms with Crippen LogP contribution in [0.1, 0.15) is 24.0 Å². The van der Waals surface area contributed by atoms with Gasteiger partial charge in [0, 0.05) is 19.5 Å². The van der Waals surface area contributed by atoms with E-state index in [-0.39, 0.29) is 53.3 Å². The average Bonchev–Trinajstić information content (AvgIpc) is 3.19. The molecule has 1 aromatic carbocycles. The molecule has 0 aliphatic carbocycles. The van der Waals surface area contributed by atoms with E-state index >= 15 is 0 Å². The zero-order chi connectivity index (χ0) is 19.8. The van der Waals surface area contributed by atoms with Gasteiger partial charge in [-0.3, -0.25) is 19.3 Å². The lowest BCUT2D eigenvalue weighted by molar-refractivity contribution is -0.137. The highest BCUT2D eigenvalue weighted by molar-refractivity contribution is 8.14. The molecule has 0 saturated carbocycles. The lowest BCUT2D eigenvalue weighted by Crippen LogP contribution is -2.41. The number of halogens is 4. The molecule has 10 heteroatoms. The highest BCUT2D eigenvalue weighted by Gasteiger charge is 2.40. The summed E-state index contributed by atoms with van der Waals surface area (Å²) in [6.45, 7) is 0.685. The molecule has 3 amide bonds. The van der Waals surface area contributed by atoms with Gasteiger partial charge < -0.3 is 4.90 Å². The Morgan fingerprint density at radius 3 is 2.67 bits per heavy atom. The fourth-order valence-corrected chi connectivity index (χ4v) is 4.25. The summed E-state index contributed by atoms with van der Waals surface area (Å²) < 4.78 is 38.7. The molecule has 1 aromatic rings. The number of likely N-dealkylation sites (tertiary alicyclic amines) is 1. The van der Waals surface area contributed by atoms with Crippen LogP contribution in [0.25, 0.3) is 0 Å². The Morgan fingerprint density at radius 1 is 1.30 bits per heavy atom. The minimum atomic E-state index is -4.55. The number of imide groups is 1. The first-order valence-corrected chi connectivity index (χ1v) is 9.65. The van der Waals surface area contributed by atoms with Crippen molar-refractivity contribution < 1.29 is 27.6 Å². The van der Waals surface area contributed by atoms with Crippen LogP contribution in [0.4, 0.5) is 18.0 Å². The summed E-state index contributed by atoms with van der Waals surface area (Å²) in [7, 11) is 0. The van der Waals surface area contributed by atoms with Gasteiger partial charge in [0.05, 0.1) is 22.4 Å². The van der Waals surface area contributed by atoms with Crippen LogP contribution in [-0.4, -0.2) is 51.7 Å². The molecule has 27 heavy (non-hydrogen) atoms. The Hall–Kier alpha value is -1.74. The summed E-state index contributed by atoms with van der Waals surface area (Å²) in [6, 6.07) is 3.28. The molecule has 2 aliphatic rings. The van der Waals surface area contributed by atoms with Gasteiger partial charge in [-0.15, -0.1) is 0 Å². The van der Waals surface area contributed by atoms with Crippen molar-refractivity contribution in [2.24, 2.45) is 0 Å². The highest BCUT2D eigenvalue weighted by Crippen LogP contribution is 2.35. The third kappa shape index (κ3) is 4.40. The van der Waals surface area contributed by atoms with Crippen LogP contribution in [0.5, 0.6) is 0 Å². The van der Waals surface area contributed by atoms with Crippen molar-refractivity contribution in [3.63, 3.8) is 0 Å². The Labute approximate surface area is 162 Å². The number of aryl methyl sites for hydroxylation is 1. The van der Waals surface area contributed by atoms with E-state index in [9.17, 15) is 27.6 Å². The molecule has 0 spiro atoms. The molecule has 0 radical (unpaired) electrons. The zero-order valence-electron chi connectivity index (χ0n) is 14.1. The molecule has 0 N–H and O–H groups in total. The van der Waals surface area contributed by atoms with Crippen molar-refractivity contribution in [1.29, 1.82) is 0 Å². The van der Waals surface area contributed by atoms with Crippen LogP contribution in [0.3, 0.4) is 0 Å². The highest BCUT2D eigenvalue weighted by atomic mass is 35.5. The van der Waals surface area contributed by atoms with Crippen molar-refractivity contribution in [1.82, 2.24) is 9.80 Å². The van der Waals surface area contributed by atoms with Gasteiger partial charge in [-0.05, 0) is 30.5 Å². The summed E-state index contributed by atoms with van der Waals surface area (Å²) in [5, 5.41) is -0.669. The number of rotatable bonds is 4. The predicted molar refractivity (Wildman–Crippen MR) is 94.5 cm³/mol. The number of benzene rings is 1. The normalized spacial score (nSPS) is 20.7. The van der Waals surface area contributed by atoms with Crippen LogP contribution in [0.2, 0.25) is 5.02 Å². The van der Waals surface area contributed by atoms with E-state index in [1.54, 1.807) is 4.90 Å². The molecule has 2 saturated heterocycles. The third-order valence-corrected chi connectivity index (χ3v) is 5.79. The number of nitrogens with zero attached hydrogens (tertiary/aromatic N) is 2. The monoisotopic (exact) mass is 420 g/mol. The van der Waals surface area contributed by atoms with Crippen molar-refractivity contribution in [3.05, 3.63) is 34.3 Å². The second-order valence-electron chi connectivity index (χ2n) is 6.41. The Kier molecular flexibility index (Phi) is 5.71. The van der Waals surface area contributed by atoms with Crippen LogP contribution in [0.15, 0.2) is 18.2 Å². The Morgan fingerprint density at radius 2 is 2.04 bits per heavy atom. The molecule has 1 unspecified atom stereocenters. The molecule has 146 valence electrons. The van der Waals surface area contributed by atoms with Crippen molar-refractivity contribution in [2.75, 3.05) is 18.8 Å². The van der Waals surface area contributed by atoms with Gasteiger partial charge in [0.1, 0.15) is 0 Å². The van der Waals surface area contributed by atoms with Gasteiger partial charge >= 0.3 is 6.18 Å². The number of carbonyl (C=O) groups excluding carboxylic acids is 3. The Balaban J connectivity index is 1.58. The van der Waals surface area contributed by atoms with Gasteiger partial charge in [0.2, 0.25) is 11.8 Å². The predicted octanol–water partition coefficient (Wildman–Crippen LogP) is 3.59. The molecule has 0 bridgehead atoms. The summed E-state index contributed by atoms with van der Waals surface area (Å²) in [4.78, 5) is 38.7. The van der Waals surface area contributed by atoms with Gasteiger partial charge in [0.15, 0.2) is 0 Å². The number of hydrogen-bond acceptors (Lipinski definition) is 4. The quantitative estimate of drug-likeness (QED) is 0.747. The van der Waals surface area contributed by atoms with E-state index in [1.807, 2.05) is 0 Å². The van der Waals surface area contributed by atoms with E-state index in [0.717, 1.165) is 17.8 Å². The molecule has 1 atom stereocenters. The van der Waals surface area contributed by atoms with Gasteiger partial charge in [-0.2, -0.15) is 13.2 Å².